The van der Waals surface area contributed by atoms with E-state index < -0.39 is 10.8 Å². The molecule has 0 spiro atoms. The van der Waals surface area contributed by atoms with Gasteiger partial charge < -0.3 is 16.0 Å². The lowest BCUT2D eigenvalue weighted by atomic mass is 10.1. The Hall–Kier alpha value is -2.90. The molecule has 0 saturated heterocycles. The van der Waals surface area contributed by atoms with Gasteiger partial charge in [-0.1, -0.05) is 0 Å². The molecule has 1 aromatic carbocycles. The summed E-state index contributed by atoms with van der Waals surface area (Å²) in [4.78, 5) is 29.1. The fourth-order valence-corrected chi connectivity index (χ4v) is 1.71. The lowest BCUT2D eigenvalue weighted by Crippen LogP contribution is -2.27. The molecule has 1 atom stereocenters. The number of aromatic amines is 1. The number of anilines is 1. The summed E-state index contributed by atoms with van der Waals surface area (Å²) in [5, 5.41) is 13.5. The number of rotatable bonds is 4. The summed E-state index contributed by atoms with van der Waals surface area (Å²) in [5.41, 5.74) is 5.38. The Labute approximate surface area is 114 Å². The van der Waals surface area contributed by atoms with Gasteiger partial charge in [-0.2, -0.15) is 0 Å². The number of nitro groups is 1. The minimum absolute atomic E-state index is 0.0191. The number of nitrogens with one attached hydrogen (secondary N) is 2. The van der Waals surface area contributed by atoms with Crippen LogP contribution in [0.5, 0.6) is 0 Å². The zero-order valence-electron chi connectivity index (χ0n) is 10.7. The highest BCUT2D eigenvalue weighted by molar-refractivity contribution is 5.95. The van der Waals surface area contributed by atoms with E-state index in [4.69, 9.17) is 5.73 Å². The number of hydrogen-bond donors (Lipinski definition) is 3. The van der Waals surface area contributed by atoms with Crippen molar-refractivity contribution < 1.29 is 9.72 Å². The van der Waals surface area contributed by atoms with Gasteiger partial charge in [-0.05, 0) is 19.1 Å². The van der Waals surface area contributed by atoms with Crippen LogP contribution in [0.25, 0.3) is 0 Å². The van der Waals surface area contributed by atoms with E-state index in [0.717, 1.165) is 6.07 Å². The van der Waals surface area contributed by atoms with Crippen molar-refractivity contribution in [1.82, 2.24) is 15.3 Å². The Bertz CT molecular complexity index is 639. The van der Waals surface area contributed by atoms with Crippen LogP contribution in [0.4, 0.5) is 11.4 Å². The van der Waals surface area contributed by atoms with E-state index in [9.17, 15) is 14.9 Å². The summed E-state index contributed by atoms with van der Waals surface area (Å²) < 4.78 is 0. The maximum absolute atomic E-state index is 12.0. The molecule has 4 N–H and O–H groups in total. The van der Waals surface area contributed by atoms with Gasteiger partial charge in [0.15, 0.2) is 0 Å². The van der Waals surface area contributed by atoms with Crippen LogP contribution in [0.1, 0.15) is 29.1 Å². The summed E-state index contributed by atoms with van der Waals surface area (Å²) in [6.07, 6.45) is 3.22. The molecule has 1 aromatic heterocycles. The molecule has 1 unspecified atom stereocenters. The van der Waals surface area contributed by atoms with Gasteiger partial charge in [-0.3, -0.25) is 14.9 Å². The lowest BCUT2D eigenvalue weighted by molar-refractivity contribution is -0.383. The highest BCUT2D eigenvalue weighted by Gasteiger charge is 2.17. The van der Waals surface area contributed by atoms with Gasteiger partial charge >= 0.3 is 0 Å². The molecule has 2 aromatic rings. The third-order valence-electron chi connectivity index (χ3n) is 2.77. The number of carbonyl (C=O) groups excluding carboxylic acids is 1. The van der Waals surface area contributed by atoms with E-state index in [-0.39, 0.29) is 23.0 Å². The number of carbonyl (C=O) groups is 1. The van der Waals surface area contributed by atoms with Crippen molar-refractivity contribution in [3.05, 3.63) is 52.1 Å². The molecule has 0 bridgehead atoms. The van der Waals surface area contributed by atoms with Gasteiger partial charge in [-0.15, -0.1) is 0 Å². The second-order valence-corrected chi connectivity index (χ2v) is 4.20. The fourth-order valence-electron chi connectivity index (χ4n) is 1.71. The molecule has 0 aliphatic rings. The average molecular weight is 275 g/mol. The highest BCUT2D eigenvalue weighted by atomic mass is 16.6. The number of benzene rings is 1. The first-order chi connectivity index (χ1) is 9.49. The van der Waals surface area contributed by atoms with Crippen LogP contribution in [0.15, 0.2) is 30.6 Å². The number of nitrogen functional groups attached to an aromatic ring is 1. The van der Waals surface area contributed by atoms with E-state index in [1.54, 1.807) is 19.3 Å². The van der Waals surface area contributed by atoms with Gasteiger partial charge in [0.05, 0.1) is 11.0 Å². The molecule has 0 saturated carbocycles. The fraction of sp³-hybridized carbons (Fsp3) is 0.167. The summed E-state index contributed by atoms with van der Waals surface area (Å²) in [6.45, 7) is 1.75. The Kier molecular flexibility index (Phi) is 3.65. The van der Waals surface area contributed by atoms with E-state index in [1.165, 1.54) is 12.1 Å². The summed E-state index contributed by atoms with van der Waals surface area (Å²) in [5.74, 6) is 0.167. The zero-order chi connectivity index (χ0) is 14.7. The number of amides is 1. The first kappa shape index (κ1) is 13.5. The largest absolute Gasteiger partial charge is 0.393 e. The molecular formula is C12H13N5O3. The van der Waals surface area contributed by atoms with Crippen LogP contribution in [0.3, 0.4) is 0 Å². The molecule has 8 heteroatoms. The summed E-state index contributed by atoms with van der Waals surface area (Å²) in [6, 6.07) is 3.59. The SMILES string of the molecule is CC(NC(=O)c1ccc(N)c([N+](=O)[O-])c1)c1ncc[nH]1. The lowest BCUT2D eigenvalue weighted by Gasteiger charge is -2.11. The molecule has 0 aliphatic carbocycles. The average Bonchev–Trinajstić information content (AvgIpc) is 2.92. The quantitative estimate of drug-likeness (QED) is 0.441. The second-order valence-electron chi connectivity index (χ2n) is 4.20. The second kappa shape index (κ2) is 5.39. The summed E-state index contributed by atoms with van der Waals surface area (Å²) >= 11 is 0. The molecule has 0 radical (unpaired) electrons. The van der Waals surface area contributed by atoms with E-state index in [1.807, 2.05) is 0 Å². The first-order valence-corrected chi connectivity index (χ1v) is 5.83. The van der Waals surface area contributed by atoms with Crippen LogP contribution >= 0.6 is 0 Å². The molecule has 2 rings (SSSR count). The summed E-state index contributed by atoms with van der Waals surface area (Å²) in [7, 11) is 0. The third-order valence-corrected chi connectivity index (χ3v) is 2.77. The predicted octanol–water partition coefficient (Wildman–Crippen LogP) is 1.39. The van der Waals surface area contributed by atoms with Crippen molar-refractivity contribution >= 4 is 17.3 Å². The minimum atomic E-state index is -0.623. The molecule has 8 nitrogen and oxygen atoms in total. The Morgan fingerprint density at radius 3 is 2.90 bits per heavy atom. The smallest absolute Gasteiger partial charge is 0.292 e. The van der Waals surface area contributed by atoms with Gasteiger partial charge in [0.1, 0.15) is 11.5 Å². The van der Waals surface area contributed by atoms with Gasteiger partial charge in [0, 0.05) is 24.0 Å². The van der Waals surface area contributed by atoms with Crippen molar-refractivity contribution in [3.8, 4) is 0 Å². The molecule has 1 amide bonds. The molecule has 1 heterocycles. The van der Waals surface area contributed by atoms with Crippen molar-refractivity contribution in [2.24, 2.45) is 0 Å². The number of nitrogens with zero attached hydrogens (tertiary/aromatic N) is 2. The monoisotopic (exact) mass is 275 g/mol. The highest BCUT2D eigenvalue weighted by Crippen LogP contribution is 2.22. The minimum Gasteiger partial charge on any atom is -0.393 e. The van der Waals surface area contributed by atoms with Crippen LogP contribution < -0.4 is 11.1 Å². The number of H-pyrrole nitrogens is 1. The van der Waals surface area contributed by atoms with Crippen molar-refractivity contribution in [2.75, 3.05) is 5.73 Å². The maximum atomic E-state index is 12.0. The van der Waals surface area contributed by atoms with E-state index in [2.05, 4.69) is 15.3 Å². The Morgan fingerprint density at radius 2 is 2.30 bits per heavy atom. The van der Waals surface area contributed by atoms with E-state index in [0.29, 0.717) is 5.82 Å². The number of nitrogens with two attached hydrogens (primary N) is 1. The van der Waals surface area contributed by atoms with Gasteiger partial charge in [0.2, 0.25) is 0 Å². The van der Waals surface area contributed by atoms with Crippen LogP contribution in [-0.2, 0) is 0 Å². The number of nitro benzene ring substituents is 1. The number of hydrogen-bond acceptors (Lipinski definition) is 5. The third kappa shape index (κ3) is 2.74. The van der Waals surface area contributed by atoms with Gasteiger partial charge in [-0.25, -0.2) is 4.98 Å². The standard InChI is InChI=1S/C12H13N5O3/c1-7(11-14-4-5-15-11)16-12(18)8-2-3-9(13)10(6-8)17(19)20/h2-7H,13H2,1H3,(H,14,15)(H,16,18). The number of aromatic nitrogens is 2. The molecular weight excluding hydrogens is 262 g/mol. The topological polar surface area (TPSA) is 127 Å². The van der Waals surface area contributed by atoms with Crippen molar-refractivity contribution in [3.63, 3.8) is 0 Å². The van der Waals surface area contributed by atoms with Crippen LogP contribution in [-0.4, -0.2) is 20.8 Å². The maximum Gasteiger partial charge on any atom is 0.292 e. The number of imidazole rings is 1. The van der Waals surface area contributed by atoms with E-state index >= 15 is 0 Å². The molecule has 0 fully saturated rings. The van der Waals surface area contributed by atoms with Crippen molar-refractivity contribution in [2.45, 2.75) is 13.0 Å². The van der Waals surface area contributed by atoms with Crippen LogP contribution in [0.2, 0.25) is 0 Å². The Morgan fingerprint density at radius 1 is 1.55 bits per heavy atom. The van der Waals surface area contributed by atoms with Crippen molar-refractivity contribution in [1.29, 1.82) is 0 Å². The molecule has 20 heavy (non-hydrogen) atoms. The molecule has 0 aliphatic heterocycles. The predicted molar refractivity (Wildman–Crippen MR) is 72.0 cm³/mol. The Balaban J connectivity index is 2.17. The molecule has 104 valence electrons. The normalized spacial score (nSPS) is 11.8. The zero-order valence-corrected chi connectivity index (χ0v) is 10.7. The van der Waals surface area contributed by atoms with Crippen LogP contribution in [0, 0.1) is 10.1 Å². The first-order valence-electron chi connectivity index (χ1n) is 5.83. The van der Waals surface area contributed by atoms with Gasteiger partial charge in [0.25, 0.3) is 11.6 Å².